The summed E-state index contributed by atoms with van der Waals surface area (Å²) in [5, 5.41) is 26.9. The molecule has 0 aliphatic heterocycles. The lowest BCUT2D eigenvalue weighted by Crippen LogP contribution is -2.48. The van der Waals surface area contributed by atoms with Gasteiger partial charge in [-0.2, -0.15) is 0 Å². The summed E-state index contributed by atoms with van der Waals surface area (Å²) in [7, 11) is 0. The fourth-order valence-corrected chi connectivity index (χ4v) is 2.64. The van der Waals surface area contributed by atoms with Crippen LogP contribution >= 0.6 is 12.4 Å². The van der Waals surface area contributed by atoms with Crippen molar-refractivity contribution in [1.82, 2.24) is 5.32 Å². The van der Waals surface area contributed by atoms with E-state index in [0.29, 0.717) is 6.54 Å². The second-order valence-corrected chi connectivity index (χ2v) is 6.07. The van der Waals surface area contributed by atoms with Crippen LogP contribution in [-0.2, 0) is 6.54 Å². The molecule has 0 saturated heterocycles. The van der Waals surface area contributed by atoms with E-state index in [9.17, 15) is 10.2 Å². The number of halogens is 1. The predicted molar refractivity (Wildman–Crippen MR) is 98.1 cm³/mol. The summed E-state index contributed by atoms with van der Waals surface area (Å²) in [5.74, 6) is 0. The third-order valence-corrected chi connectivity index (χ3v) is 4.23. The Morgan fingerprint density at radius 3 is 2.17 bits per heavy atom. The molecule has 0 atom stereocenters. The average molecular weight is 332 g/mol. The Morgan fingerprint density at radius 1 is 0.870 bits per heavy atom. The van der Waals surface area contributed by atoms with Gasteiger partial charge in [0.05, 0.1) is 18.8 Å². The molecule has 0 aliphatic carbocycles. The summed E-state index contributed by atoms with van der Waals surface area (Å²) >= 11 is 0. The van der Waals surface area contributed by atoms with Gasteiger partial charge in [0.25, 0.3) is 0 Å². The monoisotopic (exact) mass is 331 g/mol. The Bertz CT molecular complexity index is 800. The maximum Gasteiger partial charge on any atom is 0.0633 e. The zero-order valence-electron chi connectivity index (χ0n) is 13.1. The van der Waals surface area contributed by atoms with Crippen molar-refractivity contribution in [2.45, 2.75) is 19.0 Å². The minimum atomic E-state index is -0.659. The zero-order valence-corrected chi connectivity index (χ0v) is 13.9. The molecule has 23 heavy (non-hydrogen) atoms. The smallest absolute Gasteiger partial charge is 0.0633 e. The number of nitrogens with one attached hydrogen (secondary N) is 1. The van der Waals surface area contributed by atoms with Gasteiger partial charge in [0.2, 0.25) is 0 Å². The molecule has 0 amide bonds. The molecule has 0 unspecified atom stereocenters. The Morgan fingerprint density at radius 2 is 1.48 bits per heavy atom. The molecule has 0 aromatic heterocycles. The molecule has 3 nitrogen and oxygen atoms in total. The molecular weight excluding hydrogens is 310 g/mol. The van der Waals surface area contributed by atoms with Gasteiger partial charge in [0.1, 0.15) is 0 Å². The van der Waals surface area contributed by atoms with Crippen LogP contribution < -0.4 is 5.32 Å². The summed E-state index contributed by atoms with van der Waals surface area (Å²) in [5.41, 5.74) is 0.477. The first-order valence-electron chi connectivity index (χ1n) is 7.52. The van der Waals surface area contributed by atoms with Gasteiger partial charge in [-0.1, -0.05) is 48.5 Å². The van der Waals surface area contributed by atoms with Crippen molar-refractivity contribution in [3.05, 3.63) is 60.2 Å². The van der Waals surface area contributed by atoms with E-state index < -0.39 is 5.54 Å². The predicted octanol–water partition coefficient (Wildman–Crippen LogP) is 3.25. The van der Waals surface area contributed by atoms with Gasteiger partial charge < -0.3 is 15.5 Å². The van der Waals surface area contributed by atoms with Gasteiger partial charge in [-0.25, -0.2) is 0 Å². The molecule has 0 heterocycles. The number of aliphatic hydroxyl groups is 2. The van der Waals surface area contributed by atoms with Crippen LogP contribution in [0.5, 0.6) is 0 Å². The Hall–Kier alpha value is -1.65. The van der Waals surface area contributed by atoms with E-state index in [4.69, 9.17) is 0 Å². The fraction of sp³-hybridized carbons (Fsp3) is 0.263. The second kappa shape index (κ2) is 7.28. The summed E-state index contributed by atoms with van der Waals surface area (Å²) in [6.07, 6.45) is 0. The minimum absolute atomic E-state index is 0. The Kier molecular flexibility index (Phi) is 5.60. The van der Waals surface area contributed by atoms with Crippen molar-refractivity contribution in [3.63, 3.8) is 0 Å². The Balaban J connectivity index is 0.00000192. The number of hydrogen-bond acceptors (Lipinski definition) is 3. The van der Waals surface area contributed by atoms with E-state index in [2.05, 4.69) is 53.8 Å². The molecule has 122 valence electrons. The molecule has 0 saturated carbocycles. The van der Waals surface area contributed by atoms with Gasteiger partial charge in [-0.15, -0.1) is 12.4 Å². The van der Waals surface area contributed by atoms with Crippen LogP contribution in [-0.4, -0.2) is 29.0 Å². The van der Waals surface area contributed by atoms with Crippen molar-refractivity contribution in [2.24, 2.45) is 0 Å². The number of fused-ring (bicyclic) bond motifs is 3. The number of aliphatic hydroxyl groups excluding tert-OH is 2. The largest absolute Gasteiger partial charge is 0.394 e. The average Bonchev–Trinajstić information content (AvgIpc) is 2.59. The highest BCUT2D eigenvalue weighted by molar-refractivity contribution is 6.07. The van der Waals surface area contributed by atoms with Crippen LogP contribution in [0.2, 0.25) is 0 Å². The van der Waals surface area contributed by atoms with Crippen molar-refractivity contribution in [3.8, 4) is 0 Å². The zero-order chi connectivity index (χ0) is 15.6. The lowest BCUT2D eigenvalue weighted by atomic mass is 9.99. The minimum Gasteiger partial charge on any atom is -0.394 e. The number of hydrogen-bond donors (Lipinski definition) is 3. The van der Waals surface area contributed by atoms with E-state index in [0.717, 1.165) is 5.56 Å². The number of benzene rings is 3. The Labute approximate surface area is 142 Å². The topological polar surface area (TPSA) is 52.5 Å². The van der Waals surface area contributed by atoms with Crippen LogP contribution in [0.3, 0.4) is 0 Å². The second-order valence-electron chi connectivity index (χ2n) is 6.07. The first kappa shape index (κ1) is 17.7. The SMILES string of the molecule is CC(CO)(CO)NCc1ccc2ccc3ccccc3c2c1.Cl. The molecule has 3 aromatic carbocycles. The molecule has 3 rings (SSSR count). The maximum absolute atomic E-state index is 9.35. The van der Waals surface area contributed by atoms with Gasteiger partial charge in [-0.3, -0.25) is 0 Å². The van der Waals surface area contributed by atoms with Crippen molar-refractivity contribution >= 4 is 34.0 Å². The number of rotatable bonds is 5. The first-order valence-corrected chi connectivity index (χ1v) is 7.52. The normalized spacial score (nSPS) is 11.6. The van der Waals surface area contributed by atoms with E-state index in [1.165, 1.54) is 21.5 Å². The lowest BCUT2D eigenvalue weighted by molar-refractivity contribution is 0.103. The highest BCUT2D eigenvalue weighted by atomic mass is 35.5. The van der Waals surface area contributed by atoms with E-state index in [1.807, 2.05) is 13.0 Å². The van der Waals surface area contributed by atoms with E-state index in [-0.39, 0.29) is 25.6 Å². The summed E-state index contributed by atoms with van der Waals surface area (Å²) in [6, 6.07) is 19.0. The molecule has 0 radical (unpaired) electrons. The van der Waals surface area contributed by atoms with Gasteiger partial charge in [0, 0.05) is 6.54 Å². The molecular formula is C19H22ClNO2. The van der Waals surface area contributed by atoms with Crippen molar-refractivity contribution in [2.75, 3.05) is 13.2 Å². The quantitative estimate of drug-likeness (QED) is 0.629. The van der Waals surface area contributed by atoms with Crippen molar-refractivity contribution in [1.29, 1.82) is 0 Å². The standard InChI is InChI=1S/C19H21NO2.ClH/c1-19(12-21,13-22)20-11-14-6-7-16-9-8-15-4-2-3-5-17(15)18(16)10-14;/h2-10,20-22H,11-13H2,1H3;1H. The summed E-state index contributed by atoms with van der Waals surface area (Å²) in [4.78, 5) is 0. The van der Waals surface area contributed by atoms with E-state index in [1.54, 1.807) is 0 Å². The molecule has 0 spiro atoms. The summed E-state index contributed by atoms with van der Waals surface area (Å²) in [6.45, 7) is 2.22. The molecule has 3 aromatic rings. The fourth-order valence-electron chi connectivity index (χ4n) is 2.64. The molecule has 0 fully saturated rings. The van der Waals surface area contributed by atoms with Crippen LogP contribution in [0.1, 0.15) is 12.5 Å². The molecule has 4 heteroatoms. The third-order valence-electron chi connectivity index (χ3n) is 4.23. The van der Waals surface area contributed by atoms with Crippen LogP contribution in [0.15, 0.2) is 54.6 Å². The maximum atomic E-state index is 9.35. The van der Waals surface area contributed by atoms with Crippen LogP contribution in [0.25, 0.3) is 21.5 Å². The lowest BCUT2D eigenvalue weighted by Gasteiger charge is -2.26. The van der Waals surface area contributed by atoms with Crippen LogP contribution in [0.4, 0.5) is 0 Å². The van der Waals surface area contributed by atoms with Gasteiger partial charge in [0.15, 0.2) is 0 Å². The van der Waals surface area contributed by atoms with E-state index >= 15 is 0 Å². The van der Waals surface area contributed by atoms with Gasteiger partial charge >= 0.3 is 0 Å². The van der Waals surface area contributed by atoms with Gasteiger partial charge in [-0.05, 0) is 40.1 Å². The summed E-state index contributed by atoms with van der Waals surface area (Å²) < 4.78 is 0. The molecule has 0 bridgehead atoms. The van der Waals surface area contributed by atoms with Crippen molar-refractivity contribution < 1.29 is 10.2 Å². The molecule has 3 N–H and O–H groups in total. The highest BCUT2D eigenvalue weighted by Crippen LogP contribution is 2.26. The third kappa shape index (κ3) is 3.65. The highest BCUT2D eigenvalue weighted by Gasteiger charge is 2.21. The first-order chi connectivity index (χ1) is 10.6. The molecule has 0 aliphatic rings. The van der Waals surface area contributed by atoms with Crippen LogP contribution in [0, 0.1) is 0 Å².